The molecule has 1 amide bonds. The highest BCUT2D eigenvalue weighted by atomic mass is 16.2. The van der Waals surface area contributed by atoms with Gasteiger partial charge in [0, 0.05) is 22.1 Å². The fraction of sp³-hybridized carbons (Fsp3) is 0.562. The Morgan fingerprint density at radius 3 is 2.11 bits per heavy atom. The average molecular weight is 250 g/mol. The van der Waals surface area contributed by atoms with Crippen molar-refractivity contribution >= 4 is 5.91 Å². The molecule has 0 radical (unpaired) electrons. The van der Waals surface area contributed by atoms with E-state index in [-0.39, 0.29) is 12.1 Å². The summed E-state index contributed by atoms with van der Waals surface area (Å²) in [5.41, 5.74) is 0.350. The van der Waals surface area contributed by atoms with Crippen molar-refractivity contribution in [2.75, 3.05) is 0 Å². The van der Waals surface area contributed by atoms with Crippen LogP contribution in [0.1, 0.15) is 44.3 Å². The van der Waals surface area contributed by atoms with E-state index < -0.39 is 18.2 Å². The molecule has 0 spiro atoms. The van der Waals surface area contributed by atoms with Gasteiger partial charge >= 0.3 is 0 Å². The zero-order valence-electron chi connectivity index (χ0n) is 14.9. The van der Waals surface area contributed by atoms with E-state index in [4.69, 9.17) is 4.11 Å². The van der Waals surface area contributed by atoms with Crippen LogP contribution in [0.25, 0.3) is 0 Å². The molecule has 0 bridgehead atoms. The van der Waals surface area contributed by atoms with Crippen molar-refractivity contribution in [1.29, 1.82) is 0 Å². The van der Waals surface area contributed by atoms with Crippen molar-refractivity contribution < 1.29 is 8.91 Å². The number of rotatable bonds is 5. The molecule has 2 heteroatoms. The number of hydrogen-bond acceptors (Lipinski definition) is 1. The first-order chi connectivity index (χ1) is 9.53. The summed E-state index contributed by atoms with van der Waals surface area (Å²) in [7, 11) is 0. The number of amides is 1. The summed E-state index contributed by atoms with van der Waals surface area (Å²) in [5.74, 6) is -2.37. The lowest BCUT2D eigenvalue weighted by Crippen LogP contribution is -2.45. The standard InChI is InChI=1S/C16H25NO/c1-12(2)17(13(3)4)16(18)14(5)11-15-9-7-6-8-10-15/h6-10,12-14H,11H2,1-5H3/t14-/m0/s1/i11D2,14D. The van der Waals surface area contributed by atoms with E-state index in [0.29, 0.717) is 5.56 Å². The van der Waals surface area contributed by atoms with Gasteiger partial charge in [-0.3, -0.25) is 4.79 Å². The van der Waals surface area contributed by atoms with Gasteiger partial charge in [-0.2, -0.15) is 0 Å². The number of carbonyl (C=O) groups is 1. The average Bonchev–Trinajstić information content (AvgIpc) is 2.38. The number of carbonyl (C=O) groups excluding carboxylic acids is 1. The summed E-state index contributed by atoms with van der Waals surface area (Å²) in [5, 5.41) is 0. The Morgan fingerprint density at radius 1 is 1.17 bits per heavy atom. The third-order valence-corrected chi connectivity index (χ3v) is 2.77. The minimum Gasteiger partial charge on any atom is -0.338 e. The van der Waals surface area contributed by atoms with Crippen LogP contribution < -0.4 is 0 Å². The molecule has 18 heavy (non-hydrogen) atoms. The first kappa shape index (κ1) is 10.6. The van der Waals surface area contributed by atoms with Gasteiger partial charge in [0.05, 0.1) is 0 Å². The number of hydrogen-bond donors (Lipinski definition) is 0. The van der Waals surface area contributed by atoms with E-state index in [1.165, 1.54) is 6.92 Å². The van der Waals surface area contributed by atoms with Crippen molar-refractivity contribution in [3.63, 3.8) is 0 Å². The highest BCUT2D eigenvalue weighted by molar-refractivity contribution is 5.79. The third-order valence-electron chi connectivity index (χ3n) is 2.77. The normalized spacial score (nSPS) is 17.8. The molecule has 0 saturated carbocycles. The monoisotopic (exact) mass is 250 g/mol. The Bertz CT molecular complexity index is 476. The summed E-state index contributed by atoms with van der Waals surface area (Å²) in [4.78, 5) is 14.3. The molecule has 0 fully saturated rings. The number of benzene rings is 1. The summed E-state index contributed by atoms with van der Waals surface area (Å²) in [6.07, 6.45) is -2.06. The van der Waals surface area contributed by atoms with Crippen molar-refractivity contribution in [3.05, 3.63) is 35.9 Å². The van der Waals surface area contributed by atoms with Gasteiger partial charge in [-0.15, -0.1) is 0 Å². The fourth-order valence-electron chi connectivity index (χ4n) is 2.05. The molecule has 0 heterocycles. The lowest BCUT2D eigenvalue weighted by atomic mass is 9.98. The van der Waals surface area contributed by atoms with Gasteiger partial charge in [-0.25, -0.2) is 0 Å². The first-order valence-electron chi connectivity index (χ1n) is 7.91. The van der Waals surface area contributed by atoms with Crippen molar-refractivity contribution in [2.24, 2.45) is 5.89 Å². The van der Waals surface area contributed by atoms with Crippen LogP contribution >= 0.6 is 0 Å². The third kappa shape index (κ3) is 3.86. The maximum Gasteiger partial charge on any atom is 0.226 e. The lowest BCUT2D eigenvalue weighted by Gasteiger charge is -2.33. The Labute approximate surface area is 115 Å². The second kappa shape index (κ2) is 6.58. The summed E-state index contributed by atoms with van der Waals surface area (Å²) in [6, 6.07) is 8.32. The lowest BCUT2D eigenvalue weighted by molar-refractivity contribution is -0.138. The Kier molecular flexibility index (Phi) is 3.87. The van der Waals surface area contributed by atoms with Crippen molar-refractivity contribution in [1.82, 2.24) is 4.90 Å². The summed E-state index contributed by atoms with van der Waals surface area (Å²) in [6.45, 7) is 8.89. The molecule has 1 aromatic rings. The van der Waals surface area contributed by atoms with Gasteiger partial charge in [0.1, 0.15) is 0 Å². The highest BCUT2D eigenvalue weighted by Crippen LogP contribution is 2.15. The molecular weight excluding hydrogens is 222 g/mol. The van der Waals surface area contributed by atoms with Crippen LogP contribution in [0.3, 0.4) is 0 Å². The molecule has 100 valence electrons. The molecule has 0 aliphatic heterocycles. The maximum absolute atomic E-state index is 12.8. The highest BCUT2D eigenvalue weighted by Gasteiger charge is 2.24. The van der Waals surface area contributed by atoms with Gasteiger partial charge < -0.3 is 4.90 Å². The first-order valence-corrected chi connectivity index (χ1v) is 6.41. The zero-order valence-corrected chi connectivity index (χ0v) is 11.9. The van der Waals surface area contributed by atoms with Crippen LogP contribution in [0.4, 0.5) is 0 Å². The minimum absolute atomic E-state index is 0.0752. The van der Waals surface area contributed by atoms with E-state index in [9.17, 15) is 4.79 Å². The van der Waals surface area contributed by atoms with Crippen molar-refractivity contribution in [3.8, 4) is 0 Å². The van der Waals surface area contributed by atoms with E-state index in [0.717, 1.165) is 0 Å². The van der Waals surface area contributed by atoms with Crippen LogP contribution in [-0.2, 0) is 11.2 Å². The van der Waals surface area contributed by atoms with Crippen LogP contribution in [0.5, 0.6) is 0 Å². The van der Waals surface area contributed by atoms with Gasteiger partial charge in [-0.05, 0) is 39.6 Å². The Morgan fingerprint density at radius 2 is 1.67 bits per heavy atom. The minimum atomic E-state index is -2.06. The summed E-state index contributed by atoms with van der Waals surface area (Å²) >= 11 is 0. The fourth-order valence-corrected chi connectivity index (χ4v) is 2.05. The second-order valence-corrected chi connectivity index (χ2v) is 5.02. The van der Waals surface area contributed by atoms with Gasteiger partial charge in [0.2, 0.25) is 5.91 Å². The predicted molar refractivity (Wildman–Crippen MR) is 76.4 cm³/mol. The van der Waals surface area contributed by atoms with Crippen LogP contribution in [-0.4, -0.2) is 22.9 Å². The smallest absolute Gasteiger partial charge is 0.226 e. The number of nitrogens with zero attached hydrogens (tertiary/aromatic N) is 1. The molecule has 1 atom stereocenters. The van der Waals surface area contributed by atoms with Crippen LogP contribution in [0, 0.1) is 5.89 Å². The maximum atomic E-state index is 12.8. The largest absolute Gasteiger partial charge is 0.338 e. The SMILES string of the molecule is [2H]C([2H])(c1ccccc1)[C@]([2H])(C)C(=O)N(C(C)C)C(C)C. The quantitative estimate of drug-likeness (QED) is 0.783. The molecular formula is C16H25NO. The molecule has 0 aliphatic rings. The van der Waals surface area contributed by atoms with Crippen molar-refractivity contribution in [2.45, 2.75) is 53.1 Å². The molecule has 1 aromatic carbocycles. The molecule has 0 unspecified atom stereocenters. The molecule has 2 nitrogen and oxygen atoms in total. The van der Waals surface area contributed by atoms with Crippen LogP contribution in [0.2, 0.25) is 0 Å². The molecule has 0 aliphatic carbocycles. The van der Waals surface area contributed by atoms with Gasteiger partial charge in [-0.1, -0.05) is 37.3 Å². The second-order valence-electron chi connectivity index (χ2n) is 5.02. The van der Waals surface area contributed by atoms with E-state index in [1.807, 2.05) is 27.7 Å². The Hall–Kier alpha value is -1.31. The zero-order chi connectivity index (χ0) is 16.4. The van der Waals surface area contributed by atoms with Gasteiger partial charge in [0.15, 0.2) is 0 Å². The van der Waals surface area contributed by atoms with E-state index >= 15 is 0 Å². The Balaban J connectivity index is 3.22. The molecule has 0 N–H and O–H groups in total. The van der Waals surface area contributed by atoms with E-state index in [1.54, 1.807) is 35.2 Å². The molecule has 1 rings (SSSR count). The molecule has 0 aromatic heterocycles. The summed E-state index contributed by atoms with van der Waals surface area (Å²) < 4.78 is 25.0. The van der Waals surface area contributed by atoms with E-state index in [2.05, 4.69) is 0 Å². The molecule has 0 saturated heterocycles. The topological polar surface area (TPSA) is 20.3 Å². The van der Waals surface area contributed by atoms with Crippen LogP contribution in [0.15, 0.2) is 30.3 Å². The predicted octanol–water partition coefficient (Wildman–Crippen LogP) is 3.51. The van der Waals surface area contributed by atoms with Gasteiger partial charge in [0.25, 0.3) is 0 Å².